The van der Waals surface area contributed by atoms with E-state index in [-0.39, 0.29) is 17.9 Å². The molecule has 0 bridgehead atoms. The van der Waals surface area contributed by atoms with Crippen LogP contribution in [0.15, 0.2) is 85.2 Å². The molecule has 0 saturated carbocycles. The zero-order valence-electron chi connectivity index (χ0n) is 17.2. The summed E-state index contributed by atoms with van der Waals surface area (Å²) in [4.78, 5) is 6.63. The second-order valence-corrected chi connectivity index (χ2v) is 8.54. The molecule has 1 aliphatic heterocycles. The highest BCUT2D eigenvalue weighted by Crippen LogP contribution is 2.42. The number of hydrogen-bond acceptors (Lipinski definition) is 2. The van der Waals surface area contributed by atoms with Crippen molar-refractivity contribution in [2.45, 2.75) is 19.0 Å². The molecular formula is C25H20ClFN4S. The Bertz CT molecular complexity index is 1290. The van der Waals surface area contributed by atoms with Crippen molar-refractivity contribution in [3.05, 3.63) is 113 Å². The largest absolute Gasteiger partial charge is 0.351 e. The van der Waals surface area contributed by atoms with Gasteiger partial charge in [0, 0.05) is 34.5 Å². The van der Waals surface area contributed by atoms with Gasteiger partial charge in [0.1, 0.15) is 11.9 Å². The van der Waals surface area contributed by atoms with E-state index in [2.05, 4.69) is 20.9 Å². The summed E-state index contributed by atoms with van der Waals surface area (Å²) in [6.07, 6.45) is 3.78. The Balaban J connectivity index is 1.68. The highest BCUT2D eigenvalue weighted by Gasteiger charge is 2.42. The summed E-state index contributed by atoms with van der Waals surface area (Å²) >= 11 is 12.0. The molecule has 4 nitrogen and oxygen atoms in total. The van der Waals surface area contributed by atoms with Gasteiger partial charge in [-0.15, -0.1) is 0 Å². The fraction of sp³-hybridized carbons (Fsp3) is 0.120. The summed E-state index contributed by atoms with van der Waals surface area (Å²) in [6.45, 7) is 1.76. The number of pyridine rings is 1. The number of benzene rings is 2. The molecule has 0 aliphatic carbocycles. The lowest BCUT2D eigenvalue weighted by Crippen LogP contribution is -2.30. The Morgan fingerprint density at radius 3 is 2.62 bits per heavy atom. The molecule has 0 amide bonds. The third-order valence-electron chi connectivity index (χ3n) is 5.69. The maximum atomic E-state index is 14.0. The highest BCUT2D eigenvalue weighted by molar-refractivity contribution is 7.80. The van der Waals surface area contributed by atoms with Gasteiger partial charge in [-0.3, -0.25) is 4.98 Å². The average Bonchev–Trinajstić information content (AvgIpc) is 3.40. The topological polar surface area (TPSA) is 33.1 Å². The first-order chi connectivity index (χ1) is 15.5. The van der Waals surface area contributed by atoms with Gasteiger partial charge in [0.25, 0.3) is 0 Å². The molecule has 32 heavy (non-hydrogen) atoms. The Kier molecular flexibility index (Phi) is 5.41. The number of rotatable bonds is 4. The van der Waals surface area contributed by atoms with Gasteiger partial charge >= 0.3 is 0 Å². The van der Waals surface area contributed by atoms with E-state index in [0.717, 1.165) is 22.8 Å². The maximum Gasteiger partial charge on any atom is 0.174 e. The first-order valence-corrected chi connectivity index (χ1v) is 11.0. The summed E-state index contributed by atoms with van der Waals surface area (Å²) in [5.74, 6) is -0.244. The van der Waals surface area contributed by atoms with Crippen LogP contribution in [0.3, 0.4) is 0 Å². The summed E-state index contributed by atoms with van der Waals surface area (Å²) in [7, 11) is 0. The number of hydrogen-bond donors (Lipinski definition) is 1. The molecule has 2 aromatic carbocycles. The molecule has 1 N–H and O–H groups in total. The molecule has 0 radical (unpaired) electrons. The van der Waals surface area contributed by atoms with E-state index in [1.807, 2.05) is 65.7 Å². The van der Waals surface area contributed by atoms with Crippen LogP contribution in [0.2, 0.25) is 5.02 Å². The lowest BCUT2D eigenvalue weighted by atomic mass is 10.0. The first-order valence-electron chi connectivity index (χ1n) is 10.2. The number of aryl methyl sites for hydroxylation is 1. The molecular weight excluding hydrogens is 443 g/mol. The van der Waals surface area contributed by atoms with Gasteiger partial charge in [0.2, 0.25) is 0 Å². The maximum absolute atomic E-state index is 14.0. The Morgan fingerprint density at radius 2 is 1.88 bits per heavy atom. The first kappa shape index (κ1) is 20.7. The van der Waals surface area contributed by atoms with Crippen LogP contribution in [0, 0.1) is 12.7 Å². The van der Waals surface area contributed by atoms with Gasteiger partial charge in [-0.25, -0.2) is 4.39 Å². The van der Waals surface area contributed by atoms with E-state index < -0.39 is 0 Å². The zero-order chi connectivity index (χ0) is 22.2. The van der Waals surface area contributed by atoms with Crippen LogP contribution in [-0.4, -0.2) is 14.7 Å². The van der Waals surface area contributed by atoms with Gasteiger partial charge in [0.05, 0.1) is 11.7 Å². The quantitative estimate of drug-likeness (QED) is 0.369. The molecule has 2 atom stereocenters. The molecule has 1 aliphatic rings. The van der Waals surface area contributed by atoms with Crippen molar-refractivity contribution in [1.29, 1.82) is 0 Å². The van der Waals surface area contributed by atoms with Crippen molar-refractivity contribution in [3.8, 4) is 5.69 Å². The molecule has 3 heterocycles. The molecule has 5 rings (SSSR count). The molecule has 1 saturated heterocycles. The molecule has 4 aromatic rings. The van der Waals surface area contributed by atoms with Crippen LogP contribution in [0.5, 0.6) is 0 Å². The number of anilines is 1. The minimum absolute atomic E-state index is 0.193. The fourth-order valence-corrected chi connectivity index (χ4v) is 4.74. The van der Waals surface area contributed by atoms with E-state index in [1.54, 1.807) is 19.2 Å². The molecule has 0 unspecified atom stereocenters. The zero-order valence-corrected chi connectivity index (χ0v) is 18.8. The van der Waals surface area contributed by atoms with E-state index in [4.69, 9.17) is 23.8 Å². The van der Waals surface area contributed by atoms with Crippen LogP contribution in [0.4, 0.5) is 10.1 Å². The van der Waals surface area contributed by atoms with Crippen molar-refractivity contribution < 1.29 is 4.39 Å². The van der Waals surface area contributed by atoms with Crippen molar-refractivity contribution in [2.24, 2.45) is 0 Å². The molecule has 2 aromatic heterocycles. The molecule has 160 valence electrons. The van der Waals surface area contributed by atoms with Crippen molar-refractivity contribution in [3.63, 3.8) is 0 Å². The van der Waals surface area contributed by atoms with Gasteiger partial charge in [-0.2, -0.15) is 0 Å². The summed E-state index contributed by atoms with van der Waals surface area (Å²) in [5.41, 5.74) is 4.22. The van der Waals surface area contributed by atoms with E-state index in [9.17, 15) is 4.39 Å². The second-order valence-electron chi connectivity index (χ2n) is 7.71. The molecule has 7 heteroatoms. The van der Waals surface area contributed by atoms with Crippen LogP contribution < -0.4 is 10.2 Å². The normalized spacial score (nSPS) is 18.1. The van der Waals surface area contributed by atoms with Crippen LogP contribution in [0.1, 0.15) is 29.0 Å². The van der Waals surface area contributed by atoms with Crippen LogP contribution >= 0.6 is 23.8 Å². The van der Waals surface area contributed by atoms with E-state index >= 15 is 0 Å². The lowest BCUT2D eigenvalue weighted by Gasteiger charge is -2.29. The lowest BCUT2D eigenvalue weighted by molar-refractivity contribution is 0.549. The highest BCUT2D eigenvalue weighted by atomic mass is 35.5. The van der Waals surface area contributed by atoms with E-state index in [0.29, 0.717) is 15.7 Å². The summed E-state index contributed by atoms with van der Waals surface area (Å²) in [6, 6.07) is 22.3. The van der Waals surface area contributed by atoms with Crippen molar-refractivity contribution in [1.82, 2.24) is 14.9 Å². The van der Waals surface area contributed by atoms with Crippen LogP contribution in [0.25, 0.3) is 5.69 Å². The smallest absolute Gasteiger partial charge is 0.174 e. The predicted molar refractivity (Wildman–Crippen MR) is 130 cm³/mol. The van der Waals surface area contributed by atoms with Gasteiger partial charge in [-0.1, -0.05) is 23.7 Å². The van der Waals surface area contributed by atoms with Crippen molar-refractivity contribution >= 4 is 34.6 Å². The Hall–Kier alpha value is -3.22. The fourth-order valence-electron chi connectivity index (χ4n) is 4.21. The SMILES string of the molecule is Cc1cc(N2C(=S)N[C@@H](c3ccccn3)[C@@H]2c2cccn2-c2cccc(Cl)c2)ccc1F. The number of aromatic nitrogens is 2. The monoisotopic (exact) mass is 462 g/mol. The minimum Gasteiger partial charge on any atom is -0.351 e. The summed E-state index contributed by atoms with van der Waals surface area (Å²) in [5, 5.41) is 4.67. The molecule has 0 spiro atoms. The number of thiocarbonyl (C=S) groups is 1. The number of nitrogens with one attached hydrogen (secondary N) is 1. The number of nitrogens with zero attached hydrogens (tertiary/aromatic N) is 3. The Labute approximate surface area is 196 Å². The Morgan fingerprint density at radius 1 is 1.00 bits per heavy atom. The predicted octanol–water partition coefficient (Wildman–Crippen LogP) is 6.15. The van der Waals surface area contributed by atoms with Gasteiger partial charge < -0.3 is 14.8 Å². The van der Waals surface area contributed by atoms with Gasteiger partial charge in [-0.05, 0) is 85.4 Å². The summed E-state index contributed by atoms with van der Waals surface area (Å²) < 4.78 is 16.1. The average molecular weight is 463 g/mol. The third kappa shape index (κ3) is 3.66. The van der Waals surface area contributed by atoms with Gasteiger partial charge in [0.15, 0.2) is 5.11 Å². The standard InChI is InChI=1S/C25H20ClFN4S/c1-16-14-19(10-11-20(16)27)31-24(23(29-25(31)32)21-8-2-3-12-28-21)22-9-5-13-30(22)18-7-4-6-17(26)15-18/h2-15,23-24H,1H3,(H,29,32)/t23-,24-/m0/s1. The van der Waals surface area contributed by atoms with Crippen LogP contribution in [-0.2, 0) is 0 Å². The van der Waals surface area contributed by atoms with Crippen molar-refractivity contribution in [2.75, 3.05) is 4.90 Å². The molecule has 1 fully saturated rings. The minimum atomic E-state index is -0.244. The number of halogens is 2. The second kappa shape index (κ2) is 8.37. The van der Waals surface area contributed by atoms with E-state index in [1.165, 1.54) is 6.07 Å². The third-order valence-corrected chi connectivity index (χ3v) is 6.24.